The van der Waals surface area contributed by atoms with E-state index in [9.17, 15) is 14.7 Å². The van der Waals surface area contributed by atoms with E-state index < -0.39 is 0 Å². The molecule has 28 heavy (non-hydrogen) atoms. The first-order chi connectivity index (χ1) is 13.5. The van der Waals surface area contributed by atoms with Gasteiger partial charge in [0.25, 0.3) is 5.56 Å². The molecule has 2 aromatic heterocycles. The van der Waals surface area contributed by atoms with E-state index in [1.807, 2.05) is 37.3 Å². The van der Waals surface area contributed by atoms with E-state index in [0.717, 1.165) is 18.5 Å². The molecule has 0 spiro atoms. The minimum atomic E-state index is -0.270. The fourth-order valence-corrected chi connectivity index (χ4v) is 3.43. The van der Waals surface area contributed by atoms with Crippen LogP contribution >= 0.6 is 0 Å². The van der Waals surface area contributed by atoms with Gasteiger partial charge in [0.2, 0.25) is 5.91 Å². The molecule has 4 rings (SSSR count). The van der Waals surface area contributed by atoms with E-state index in [-0.39, 0.29) is 36.0 Å². The monoisotopic (exact) mass is 381 g/mol. The molecular weight excluding hydrogens is 358 g/mol. The third-order valence-electron chi connectivity index (χ3n) is 5.58. The number of benzene rings is 1. The SMILES string of the molecule is CC(NC(=O)CCc1nc2c(cnn2-c2ccccc2)c(=O)[nH]1)C1(CO)CC1. The molecule has 146 valence electrons. The van der Waals surface area contributed by atoms with Crippen LogP contribution in [0.2, 0.25) is 0 Å². The van der Waals surface area contributed by atoms with Crippen LogP contribution in [0, 0.1) is 5.41 Å². The number of hydrogen-bond donors (Lipinski definition) is 3. The molecule has 8 nitrogen and oxygen atoms in total. The highest BCUT2D eigenvalue weighted by atomic mass is 16.3. The summed E-state index contributed by atoms with van der Waals surface area (Å²) in [6.45, 7) is 2.01. The summed E-state index contributed by atoms with van der Waals surface area (Å²) >= 11 is 0. The van der Waals surface area contributed by atoms with Crippen molar-refractivity contribution >= 4 is 16.9 Å². The summed E-state index contributed by atoms with van der Waals surface area (Å²) in [5, 5.41) is 17.1. The molecule has 3 N–H and O–H groups in total. The molecule has 1 saturated carbocycles. The fourth-order valence-electron chi connectivity index (χ4n) is 3.43. The number of H-pyrrole nitrogens is 1. The Morgan fingerprint density at radius 1 is 1.36 bits per heavy atom. The fraction of sp³-hybridized carbons (Fsp3) is 0.400. The van der Waals surface area contributed by atoms with Gasteiger partial charge in [-0.1, -0.05) is 18.2 Å². The van der Waals surface area contributed by atoms with Crippen LogP contribution < -0.4 is 10.9 Å². The summed E-state index contributed by atoms with van der Waals surface area (Å²) < 4.78 is 1.62. The van der Waals surface area contributed by atoms with Gasteiger partial charge >= 0.3 is 0 Å². The molecule has 1 amide bonds. The van der Waals surface area contributed by atoms with E-state index >= 15 is 0 Å². The predicted octanol–water partition coefficient (Wildman–Crippen LogP) is 1.32. The van der Waals surface area contributed by atoms with Crippen molar-refractivity contribution in [2.24, 2.45) is 5.41 Å². The zero-order valence-electron chi connectivity index (χ0n) is 15.7. The first kappa shape index (κ1) is 18.4. The van der Waals surface area contributed by atoms with Gasteiger partial charge in [0.1, 0.15) is 11.2 Å². The second kappa shape index (κ2) is 7.20. The maximum absolute atomic E-state index is 12.4. The van der Waals surface area contributed by atoms with E-state index in [4.69, 9.17) is 0 Å². The predicted molar refractivity (Wildman–Crippen MR) is 104 cm³/mol. The molecule has 8 heteroatoms. The zero-order chi connectivity index (χ0) is 19.7. The molecule has 1 unspecified atom stereocenters. The molecule has 2 heterocycles. The molecule has 1 atom stereocenters. The molecule has 0 bridgehead atoms. The number of aromatic nitrogens is 4. The van der Waals surface area contributed by atoms with E-state index in [1.54, 1.807) is 4.68 Å². The Bertz CT molecular complexity index is 1050. The third-order valence-corrected chi connectivity index (χ3v) is 5.58. The molecule has 0 radical (unpaired) electrons. The van der Waals surface area contributed by atoms with Gasteiger partial charge in [-0.3, -0.25) is 9.59 Å². The number of nitrogens with one attached hydrogen (secondary N) is 2. The Morgan fingerprint density at radius 2 is 2.11 bits per heavy atom. The number of carbonyl (C=O) groups is 1. The maximum atomic E-state index is 12.4. The van der Waals surface area contributed by atoms with E-state index in [0.29, 0.717) is 23.3 Å². The molecule has 1 aliphatic carbocycles. The van der Waals surface area contributed by atoms with Crippen LogP contribution in [0.15, 0.2) is 41.3 Å². The molecule has 0 aliphatic heterocycles. The van der Waals surface area contributed by atoms with Crippen molar-refractivity contribution in [2.45, 2.75) is 38.6 Å². The maximum Gasteiger partial charge on any atom is 0.262 e. The molecule has 1 fully saturated rings. The van der Waals surface area contributed by atoms with Crippen LogP contribution in [0.4, 0.5) is 0 Å². The van der Waals surface area contributed by atoms with Crippen LogP contribution in [0.5, 0.6) is 0 Å². The van der Waals surface area contributed by atoms with Crippen molar-refractivity contribution in [3.05, 3.63) is 52.7 Å². The quantitative estimate of drug-likeness (QED) is 0.571. The Hall–Kier alpha value is -3.00. The van der Waals surface area contributed by atoms with Crippen molar-refractivity contribution in [3.8, 4) is 5.69 Å². The Labute approximate surface area is 161 Å². The molecule has 1 aliphatic rings. The number of para-hydroxylation sites is 1. The second-order valence-electron chi connectivity index (χ2n) is 7.45. The van der Waals surface area contributed by atoms with Crippen molar-refractivity contribution in [2.75, 3.05) is 6.61 Å². The van der Waals surface area contributed by atoms with Gasteiger partial charge in [0.05, 0.1) is 18.5 Å². The number of aliphatic hydroxyl groups excluding tert-OH is 1. The number of aromatic amines is 1. The van der Waals surface area contributed by atoms with Crippen LogP contribution in [-0.4, -0.2) is 43.4 Å². The summed E-state index contributed by atoms with van der Waals surface area (Å²) in [4.78, 5) is 31.9. The van der Waals surface area contributed by atoms with Crippen LogP contribution in [0.3, 0.4) is 0 Å². The number of carbonyl (C=O) groups excluding carboxylic acids is 1. The summed E-state index contributed by atoms with van der Waals surface area (Å²) in [5.41, 5.74) is 0.847. The smallest absolute Gasteiger partial charge is 0.262 e. The van der Waals surface area contributed by atoms with Gasteiger partial charge in [-0.2, -0.15) is 5.10 Å². The van der Waals surface area contributed by atoms with Crippen LogP contribution in [0.1, 0.15) is 32.0 Å². The summed E-state index contributed by atoms with van der Waals surface area (Å²) in [6.07, 6.45) is 3.88. The van der Waals surface area contributed by atoms with Crippen LogP contribution in [-0.2, 0) is 11.2 Å². The lowest BCUT2D eigenvalue weighted by atomic mass is 9.99. The van der Waals surface area contributed by atoms with Gasteiger partial charge in [0.15, 0.2) is 5.65 Å². The van der Waals surface area contributed by atoms with Gasteiger partial charge in [0, 0.05) is 24.3 Å². The highest BCUT2D eigenvalue weighted by Gasteiger charge is 2.47. The number of nitrogens with zero attached hydrogens (tertiary/aromatic N) is 3. The molecule has 3 aromatic rings. The van der Waals surface area contributed by atoms with E-state index in [2.05, 4.69) is 20.4 Å². The number of rotatable bonds is 7. The average Bonchev–Trinajstić information content (AvgIpc) is 3.39. The molecule has 0 saturated heterocycles. The van der Waals surface area contributed by atoms with Crippen molar-refractivity contribution in [3.63, 3.8) is 0 Å². The summed E-state index contributed by atoms with van der Waals surface area (Å²) in [6, 6.07) is 9.39. The first-order valence-corrected chi connectivity index (χ1v) is 9.45. The van der Waals surface area contributed by atoms with Gasteiger partial charge in [-0.05, 0) is 31.9 Å². The van der Waals surface area contributed by atoms with Crippen molar-refractivity contribution in [1.29, 1.82) is 0 Å². The van der Waals surface area contributed by atoms with Crippen molar-refractivity contribution in [1.82, 2.24) is 25.1 Å². The average molecular weight is 381 g/mol. The van der Waals surface area contributed by atoms with Gasteiger partial charge < -0.3 is 15.4 Å². The normalized spacial score (nSPS) is 16.1. The summed E-state index contributed by atoms with van der Waals surface area (Å²) in [7, 11) is 0. The standard InChI is InChI=1S/C20H23N5O3/c1-13(20(12-26)9-10-20)22-17(27)8-7-16-23-18-15(19(28)24-16)11-21-25(18)14-5-3-2-4-6-14/h2-6,11,13,26H,7-10,12H2,1H3,(H,22,27)(H,23,24,28). The molecule has 1 aromatic carbocycles. The van der Waals surface area contributed by atoms with Gasteiger partial charge in [-0.15, -0.1) is 0 Å². The third kappa shape index (κ3) is 3.43. The lowest BCUT2D eigenvalue weighted by Crippen LogP contribution is -2.40. The largest absolute Gasteiger partial charge is 0.396 e. The first-order valence-electron chi connectivity index (χ1n) is 9.45. The number of fused-ring (bicyclic) bond motifs is 1. The Morgan fingerprint density at radius 3 is 2.79 bits per heavy atom. The number of amides is 1. The lowest BCUT2D eigenvalue weighted by Gasteiger charge is -2.22. The highest BCUT2D eigenvalue weighted by Crippen LogP contribution is 2.48. The van der Waals surface area contributed by atoms with Crippen molar-refractivity contribution < 1.29 is 9.90 Å². The van der Waals surface area contributed by atoms with Crippen LogP contribution in [0.25, 0.3) is 16.7 Å². The number of aryl methyl sites for hydroxylation is 1. The minimum absolute atomic E-state index is 0.0704. The second-order valence-corrected chi connectivity index (χ2v) is 7.45. The Balaban J connectivity index is 1.50. The number of aliphatic hydroxyl groups is 1. The minimum Gasteiger partial charge on any atom is -0.396 e. The summed E-state index contributed by atoms with van der Waals surface area (Å²) in [5.74, 6) is 0.327. The molecular formula is C20H23N5O3. The lowest BCUT2D eigenvalue weighted by molar-refractivity contribution is -0.122. The van der Waals surface area contributed by atoms with E-state index in [1.165, 1.54) is 6.20 Å². The highest BCUT2D eigenvalue weighted by molar-refractivity contribution is 5.77. The Kier molecular flexibility index (Phi) is 4.72. The zero-order valence-corrected chi connectivity index (χ0v) is 15.7. The number of hydrogen-bond acceptors (Lipinski definition) is 5. The van der Waals surface area contributed by atoms with Gasteiger partial charge in [-0.25, -0.2) is 9.67 Å². The topological polar surface area (TPSA) is 113 Å².